The van der Waals surface area contributed by atoms with Gasteiger partial charge < -0.3 is 15.4 Å². The lowest BCUT2D eigenvalue weighted by molar-refractivity contribution is -0.121. The number of ether oxygens (including phenoxy) is 1. The second kappa shape index (κ2) is 6.98. The van der Waals surface area contributed by atoms with E-state index in [0.717, 1.165) is 13.1 Å². The van der Waals surface area contributed by atoms with Crippen LogP contribution in [0.5, 0.6) is 5.75 Å². The number of nitrogens with one attached hydrogen (secondary N) is 2. The van der Waals surface area contributed by atoms with Gasteiger partial charge in [-0.15, -0.1) is 12.4 Å². The topological polar surface area (TPSA) is 50.4 Å². The standard InChI is InChI=1S/C13H17ClN2O2.ClH/c1-8(9-6-15-7-9)13(17)16-11-5-3-4-10(14)12(11)18-2;/h3-5,8-9,15H,6-7H2,1-2H3,(H,16,17);1H. The summed E-state index contributed by atoms with van der Waals surface area (Å²) in [6, 6.07) is 5.31. The highest BCUT2D eigenvalue weighted by Crippen LogP contribution is 2.33. The summed E-state index contributed by atoms with van der Waals surface area (Å²) in [5.74, 6) is 0.902. The summed E-state index contributed by atoms with van der Waals surface area (Å²) in [5.41, 5.74) is 0.620. The molecule has 2 rings (SSSR count). The highest BCUT2D eigenvalue weighted by molar-refractivity contribution is 6.32. The van der Waals surface area contributed by atoms with Crippen LogP contribution in [0.25, 0.3) is 0 Å². The molecule has 1 aliphatic rings. The number of anilines is 1. The van der Waals surface area contributed by atoms with Crippen LogP contribution >= 0.6 is 24.0 Å². The normalized spacial score (nSPS) is 15.9. The molecule has 0 aromatic heterocycles. The molecule has 0 bridgehead atoms. The van der Waals surface area contributed by atoms with E-state index >= 15 is 0 Å². The van der Waals surface area contributed by atoms with Crippen molar-refractivity contribution in [2.75, 3.05) is 25.5 Å². The smallest absolute Gasteiger partial charge is 0.227 e. The van der Waals surface area contributed by atoms with Gasteiger partial charge in [0, 0.05) is 5.92 Å². The Labute approximate surface area is 124 Å². The Kier molecular flexibility index (Phi) is 5.91. The van der Waals surface area contributed by atoms with Gasteiger partial charge in [0.2, 0.25) is 5.91 Å². The average Bonchev–Trinajstić information content (AvgIpc) is 2.27. The molecule has 0 aliphatic carbocycles. The van der Waals surface area contributed by atoms with Crippen molar-refractivity contribution in [1.82, 2.24) is 5.32 Å². The van der Waals surface area contributed by atoms with E-state index in [2.05, 4.69) is 10.6 Å². The van der Waals surface area contributed by atoms with Gasteiger partial charge in [-0.1, -0.05) is 24.6 Å². The maximum atomic E-state index is 12.1. The van der Waals surface area contributed by atoms with Crippen molar-refractivity contribution in [2.45, 2.75) is 6.92 Å². The van der Waals surface area contributed by atoms with Crippen LogP contribution in [0.4, 0.5) is 5.69 Å². The van der Waals surface area contributed by atoms with E-state index in [-0.39, 0.29) is 24.2 Å². The molecule has 6 heteroatoms. The molecular weight excluding hydrogens is 287 g/mol. The number of amides is 1. The molecule has 1 atom stereocenters. The Morgan fingerprint density at radius 2 is 2.21 bits per heavy atom. The van der Waals surface area contributed by atoms with E-state index in [9.17, 15) is 4.79 Å². The maximum Gasteiger partial charge on any atom is 0.227 e. The number of hydrogen-bond donors (Lipinski definition) is 2. The zero-order valence-corrected chi connectivity index (χ0v) is 12.5. The van der Waals surface area contributed by atoms with Crippen LogP contribution in [-0.2, 0) is 4.79 Å². The Hall–Kier alpha value is -0.970. The zero-order valence-electron chi connectivity index (χ0n) is 10.9. The fourth-order valence-electron chi connectivity index (χ4n) is 1.94. The van der Waals surface area contributed by atoms with E-state index in [1.165, 1.54) is 7.11 Å². The molecule has 1 aromatic carbocycles. The molecule has 1 aromatic rings. The minimum Gasteiger partial charge on any atom is -0.493 e. The van der Waals surface area contributed by atoms with Crippen LogP contribution in [-0.4, -0.2) is 26.1 Å². The molecule has 1 amide bonds. The Morgan fingerprint density at radius 3 is 2.74 bits per heavy atom. The van der Waals surface area contributed by atoms with Gasteiger partial charge in [0.25, 0.3) is 0 Å². The summed E-state index contributed by atoms with van der Waals surface area (Å²) in [6.07, 6.45) is 0. The van der Waals surface area contributed by atoms with Crippen molar-refractivity contribution in [3.63, 3.8) is 0 Å². The highest BCUT2D eigenvalue weighted by atomic mass is 35.5. The molecule has 2 N–H and O–H groups in total. The number of carbonyl (C=O) groups is 1. The second-order valence-electron chi connectivity index (χ2n) is 4.52. The van der Waals surface area contributed by atoms with Gasteiger partial charge in [0.05, 0.1) is 17.8 Å². The van der Waals surface area contributed by atoms with Gasteiger partial charge in [-0.05, 0) is 31.1 Å². The summed E-state index contributed by atoms with van der Waals surface area (Å²) in [5, 5.41) is 6.54. The summed E-state index contributed by atoms with van der Waals surface area (Å²) >= 11 is 6.01. The number of hydrogen-bond acceptors (Lipinski definition) is 3. The summed E-state index contributed by atoms with van der Waals surface area (Å²) in [7, 11) is 1.54. The highest BCUT2D eigenvalue weighted by Gasteiger charge is 2.29. The molecule has 4 nitrogen and oxygen atoms in total. The number of halogens is 2. The average molecular weight is 305 g/mol. The summed E-state index contributed by atoms with van der Waals surface area (Å²) in [4.78, 5) is 12.1. The molecule has 19 heavy (non-hydrogen) atoms. The van der Waals surface area contributed by atoms with Crippen LogP contribution in [0.1, 0.15) is 6.92 Å². The minimum atomic E-state index is -0.0186. The Morgan fingerprint density at radius 1 is 1.53 bits per heavy atom. The maximum absolute atomic E-state index is 12.1. The van der Waals surface area contributed by atoms with Crippen molar-refractivity contribution in [3.8, 4) is 5.75 Å². The van der Waals surface area contributed by atoms with Crippen molar-refractivity contribution < 1.29 is 9.53 Å². The van der Waals surface area contributed by atoms with E-state index in [4.69, 9.17) is 16.3 Å². The summed E-state index contributed by atoms with van der Waals surface area (Å²) in [6.45, 7) is 3.75. The van der Waals surface area contributed by atoms with Gasteiger partial charge in [0.15, 0.2) is 5.75 Å². The molecule has 0 saturated carbocycles. The van der Waals surface area contributed by atoms with Crippen LogP contribution in [0.3, 0.4) is 0 Å². The fourth-order valence-corrected chi connectivity index (χ4v) is 2.19. The first-order chi connectivity index (χ1) is 8.63. The molecule has 0 spiro atoms. The van der Waals surface area contributed by atoms with Crippen molar-refractivity contribution >= 4 is 35.6 Å². The van der Waals surface area contributed by atoms with Crippen LogP contribution in [0.2, 0.25) is 5.02 Å². The molecule has 106 valence electrons. The molecule has 1 aliphatic heterocycles. The quantitative estimate of drug-likeness (QED) is 0.899. The van der Waals surface area contributed by atoms with E-state index in [0.29, 0.717) is 22.4 Å². The van der Waals surface area contributed by atoms with Gasteiger partial charge in [-0.3, -0.25) is 4.79 Å². The van der Waals surface area contributed by atoms with Crippen molar-refractivity contribution in [2.24, 2.45) is 11.8 Å². The summed E-state index contributed by atoms with van der Waals surface area (Å²) < 4.78 is 5.20. The molecule has 1 saturated heterocycles. The van der Waals surface area contributed by atoms with Crippen molar-refractivity contribution in [3.05, 3.63) is 23.2 Å². The van der Waals surface area contributed by atoms with E-state index in [1.807, 2.05) is 6.92 Å². The van der Waals surface area contributed by atoms with Crippen LogP contribution < -0.4 is 15.4 Å². The largest absolute Gasteiger partial charge is 0.493 e. The number of carbonyl (C=O) groups excluding carboxylic acids is 1. The third-order valence-corrected chi connectivity index (χ3v) is 3.66. The third-order valence-electron chi connectivity index (χ3n) is 3.36. The van der Waals surface area contributed by atoms with Gasteiger partial charge in [-0.25, -0.2) is 0 Å². The van der Waals surface area contributed by atoms with E-state index in [1.54, 1.807) is 18.2 Å². The van der Waals surface area contributed by atoms with Crippen LogP contribution in [0, 0.1) is 11.8 Å². The second-order valence-corrected chi connectivity index (χ2v) is 4.92. The Bertz CT molecular complexity index is 450. The number of benzene rings is 1. The SMILES string of the molecule is COc1c(Cl)cccc1NC(=O)C(C)C1CNC1.Cl. The first-order valence-electron chi connectivity index (χ1n) is 5.97. The van der Waals surface area contributed by atoms with Gasteiger partial charge >= 0.3 is 0 Å². The fraction of sp³-hybridized carbons (Fsp3) is 0.462. The lowest BCUT2D eigenvalue weighted by atomic mass is 9.88. The zero-order chi connectivity index (χ0) is 13.1. The lowest BCUT2D eigenvalue weighted by Gasteiger charge is -2.31. The number of rotatable bonds is 4. The van der Waals surface area contributed by atoms with Crippen LogP contribution in [0.15, 0.2) is 18.2 Å². The number of para-hydroxylation sites is 1. The van der Waals surface area contributed by atoms with Gasteiger partial charge in [-0.2, -0.15) is 0 Å². The molecule has 1 fully saturated rings. The minimum absolute atomic E-state index is 0. The predicted molar refractivity (Wildman–Crippen MR) is 79.4 cm³/mol. The first kappa shape index (κ1) is 16.1. The van der Waals surface area contributed by atoms with Crippen molar-refractivity contribution in [1.29, 1.82) is 0 Å². The molecular formula is C13H18Cl2N2O2. The molecule has 1 unspecified atom stereocenters. The van der Waals surface area contributed by atoms with Gasteiger partial charge in [0.1, 0.15) is 0 Å². The predicted octanol–water partition coefficient (Wildman–Crippen LogP) is 2.56. The Balaban J connectivity index is 0.00000180. The first-order valence-corrected chi connectivity index (χ1v) is 6.35. The third kappa shape index (κ3) is 3.53. The van der Waals surface area contributed by atoms with E-state index < -0.39 is 0 Å². The monoisotopic (exact) mass is 304 g/mol. The lowest BCUT2D eigenvalue weighted by Crippen LogP contribution is -2.48. The molecule has 0 radical (unpaired) electrons. The number of methoxy groups -OCH3 is 1. The molecule has 1 heterocycles.